The Morgan fingerprint density at radius 2 is 1.85 bits per heavy atom. The number of hydrogen-bond acceptors (Lipinski definition) is 5. The molecule has 1 saturated carbocycles. The third kappa shape index (κ3) is 5.09. The highest BCUT2D eigenvalue weighted by atomic mass is 32.2. The van der Waals surface area contributed by atoms with Crippen molar-refractivity contribution in [2.24, 2.45) is 17.3 Å². The topological polar surface area (TPSA) is 35.5 Å². The molecule has 0 bridgehead atoms. The molecule has 2 heterocycles. The van der Waals surface area contributed by atoms with Gasteiger partial charge in [-0.15, -0.1) is 23.5 Å². The van der Waals surface area contributed by atoms with Crippen LogP contribution in [0.4, 0.5) is 0 Å². The highest BCUT2D eigenvalue weighted by molar-refractivity contribution is 8.20. The van der Waals surface area contributed by atoms with Gasteiger partial charge in [0.1, 0.15) is 0 Å². The summed E-state index contributed by atoms with van der Waals surface area (Å²) in [6.45, 7) is 8.00. The Labute approximate surface area is 167 Å². The molecule has 3 nitrogen and oxygen atoms in total. The molecule has 0 aromatic heterocycles. The number of hydrogen-bond donors (Lipinski definition) is 0. The van der Waals surface area contributed by atoms with E-state index in [0.717, 1.165) is 43.5 Å². The fraction of sp³-hybridized carbons (Fsp3) is 0.857. The Morgan fingerprint density at radius 3 is 2.50 bits per heavy atom. The molecule has 0 aromatic carbocycles. The van der Waals surface area contributed by atoms with Gasteiger partial charge in [0.25, 0.3) is 0 Å². The molecule has 1 aliphatic carbocycles. The Balaban J connectivity index is 1.68. The molecule has 0 radical (unpaired) electrons. The Bertz CT molecular complexity index is 501. The van der Waals surface area contributed by atoms with Crippen LogP contribution in [0.3, 0.4) is 0 Å². The maximum Gasteiger partial charge on any atom is 0.171 e. The summed E-state index contributed by atoms with van der Waals surface area (Å²) in [4.78, 5) is 12.0. The van der Waals surface area contributed by atoms with E-state index in [1.165, 1.54) is 17.9 Å². The van der Waals surface area contributed by atoms with E-state index in [4.69, 9.17) is 9.47 Å². The van der Waals surface area contributed by atoms with Gasteiger partial charge in [-0.2, -0.15) is 0 Å². The number of allylic oxidation sites excluding steroid dienone is 2. The lowest BCUT2D eigenvalue weighted by Crippen LogP contribution is -2.50. The number of rotatable bonds is 7. The Hall–Kier alpha value is 0.0300. The molecule has 2 unspecified atom stereocenters. The SMILES string of the molecule is CCCC(=O)C=CC1CCC2(OCC(C)(C)CO2)C1CCC1SCCS1. The summed E-state index contributed by atoms with van der Waals surface area (Å²) in [6.07, 6.45) is 9.91. The molecule has 2 atom stereocenters. The van der Waals surface area contributed by atoms with Gasteiger partial charge >= 0.3 is 0 Å². The molecule has 3 fully saturated rings. The van der Waals surface area contributed by atoms with Gasteiger partial charge in [-0.05, 0) is 37.7 Å². The summed E-state index contributed by atoms with van der Waals surface area (Å²) in [5.41, 5.74) is 0.0952. The van der Waals surface area contributed by atoms with Crippen LogP contribution in [0, 0.1) is 17.3 Å². The first kappa shape index (κ1) is 20.8. The number of thioether (sulfide) groups is 2. The molecule has 2 saturated heterocycles. The van der Waals surface area contributed by atoms with Crippen LogP contribution in [0.1, 0.15) is 59.3 Å². The van der Waals surface area contributed by atoms with Gasteiger partial charge in [0, 0.05) is 35.7 Å². The first-order valence-corrected chi connectivity index (χ1v) is 12.3. The molecule has 0 aromatic rings. The zero-order valence-corrected chi connectivity index (χ0v) is 18.1. The molecule has 3 aliphatic rings. The average Bonchev–Trinajstić information content (AvgIpc) is 3.23. The van der Waals surface area contributed by atoms with E-state index < -0.39 is 5.79 Å². The fourth-order valence-corrected chi connectivity index (χ4v) is 7.14. The molecular formula is C21H34O3S2. The third-order valence-electron chi connectivity index (χ3n) is 5.75. The summed E-state index contributed by atoms with van der Waals surface area (Å²) in [5.74, 6) is 3.15. The van der Waals surface area contributed by atoms with E-state index in [-0.39, 0.29) is 11.2 Å². The largest absolute Gasteiger partial charge is 0.349 e. The second-order valence-corrected chi connectivity index (χ2v) is 11.6. The van der Waals surface area contributed by atoms with Crippen LogP contribution < -0.4 is 0 Å². The minimum absolute atomic E-state index is 0.0952. The predicted molar refractivity (Wildman–Crippen MR) is 112 cm³/mol. The van der Waals surface area contributed by atoms with Crippen LogP contribution in [0.25, 0.3) is 0 Å². The molecule has 5 heteroatoms. The second-order valence-electron chi connectivity index (χ2n) is 8.69. The van der Waals surface area contributed by atoms with Crippen molar-refractivity contribution in [2.45, 2.75) is 69.7 Å². The number of carbonyl (C=O) groups excluding carboxylic acids is 1. The molecule has 0 N–H and O–H groups in total. The van der Waals surface area contributed by atoms with Crippen molar-refractivity contribution in [3.05, 3.63) is 12.2 Å². The van der Waals surface area contributed by atoms with Crippen molar-refractivity contribution in [1.29, 1.82) is 0 Å². The van der Waals surface area contributed by atoms with E-state index in [9.17, 15) is 4.79 Å². The van der Waals surface area contributed by atoms with Gasteiger partial charge in [-0.3, -0.25) is 4.79 Å². The van der Waals surface area contributed by atoms with E-state index in [1.807, 2.05) is 6.08 Å². The minimum Gasteiger partial charge on any atom is -0.349 e. The number of ether oxygens (including phenoxy) is 2. The van der Waals surface area contributed by atoms with Gasteiger partial charge in [-0.25, -0.2) is 0 Å². The third-order valence-corrected chi connectivity index (χ3v) is 8.92. The predicted octanol–water partition coefficient (Wildman–Crippen LogP) is 5.29. The lowest BCUT2D eigenvalue weighted by atomic mass is 9.86. The summed E-state index contributed by atoms with van der Waals surface area (Å²) < 4.78 is 13.5. The maximum absolute atomic E-state index is 12.0. The average molecular weight is 399 g/mol. The smallest absolute Gasteiger partial charge is 0.171 e. The zero-order chi connectivity index (χ0) is 18.6. The highest BCUT2D eigenvalue weighted by Gasteiger charge is 2.52. The van der Waals surface area contributed by atoms with Crippen molar-refractivity contribution < 1.29 is 14.3 Å². The van der Waals surface area contributed by atoms with E-state index in [0.29, 0.717) is 18.3 Å². The van der Waals surface area contributed by atoms with Gasteiger partial charge in [0.15, 0.2) is 11.6 Å². The van der Waals surface area contributed by atoms with Crippen LogP contribution >= 0.6 is 23.5 Å². The Morgan fingerprint density at radius 1 is 1.15 bits per heavy atom. The Kier molecular flexibility index (Phi) is 7.20. The molecule has 148 valence electrons. The number of carbonyl (C=O) groups is 1. The monoisotopic (exact) mass is 398 g/mol. The summed E-state index contributed by atoms with van der Waals surface area (Å²) in [6, 6.07) is 0. The normalized spacial score (nSPS) is 31.2. The van der Waals surface area contributed by atoms with Crippen molar-refractivity contribution >= 4 is 29.3 Å². The second kappa shape index (κ2) is 9.02. The fourth-order valence-electron chi connectivity index (χ4n) is 4.27. The quantitative estimate of drug-likeness (QED) is 0.544. The van der Waals surface area contributed by atoms with E-state index in [2.05, 4.69) is 50.4 Å². The highest BCUT2D eigenvalue weighted by Crippen LogP contribution is 2.51. The van der Waals surface area contributed by atoms with E-state index >= 15 is 0 Å². The minimum atomic E-state index is -0.424. The van der Waals surface area contributed by atoms with Crippen LogP contribution in [-0.2, 0) is 14.3 Å². The van der Waals surface area contributed by atoms with Gasteiger partial charge < -0.3 is 9.47 Å². The van der Waals surface area contributed by atoms with Crippen LogP contribution in [0.15, 0.2) is 12.2 Å². The van der Waals surface area contributed by atoms with Crippen molar-refractivity contribution in [2.75, 3.05) is 24.7 Å². The summed E-state index contributed by atoms with van der Waals surface area (Å²) >= 11 is 4.19. The number of ketones is 1. The first-order valence-electron chi connectivity index (χ1n) is 10.2. The zero-order valence-electron chi connectivity index (χ0n) is 16.5. The molecule has 26 heavy (non-hydrogen) atoms. The molecular weight excluding hydrogens is 364 g/mol. The van der Waals surface area contributed by atoms with Crippen molar-refractivity contribution in [1.82, 2.24) is 0 Å². The molecule has 0 amide bonds. The molecule has 2 aliphatic heterocycles. The van der Waals surface area contributed by atoms with Gasteiger partial charge in [0.2, 0.25) is 0 Å². The van der Waals surface area contributed by atoms with Gasteiger partial charge in [0.05, 0.1) is 17.8 Å². The summed E-state index contributed by atoms with van der Waals surface area (Å²) in [7, 11) is 0. The maximum atomic E-state index is 12.0. The van der Waals surface area contributed by atoms with Crippen LogP contribution in [-0.4, -0.2) is 40.9 Å². The first-order chi connectivity index (χ1) is 12.4. The summed E-state index contributed by atoms with van der Waals surface area (Å²) in [5, 5.41) is 0. The van der Waals surface area contributed by atoms with Crippen LogP contribution in [0.2, 0.25) is 0 Å². The van der Waals surface area contributed by atoms with E-state index in [1.54, 1.807) is 0 Å². The van der Waals surface area contributed by atoms with Gasteiger partial charge in [-0.1, -0.05) is 26.8 Å². The lowest BCUT2D eigenvalue weighted by Gasteiger charge is -2.45. The van der Waals surface area contributed by atoms with Crippen molar-refractivity contribution in [3.63, 3.8) is 0 Å². The van der Waals surface area contributed by atoms with Crippen LogP contribution in [0.5, 0.6) is 0 Å². The molecule has 3 rings (SSSR count). The van der Waals surface area contributed by atoms with Crippen molar-refractivity contribution in [3.8, 4) is 0 Å². The lowest BCUT2D eigenvalue weighted by molar-refractivity contribution is -0.316. The standard InChI is InChI=1S/C21H34O3S2/c1-4-5-17(22)7-6-16-10-11-21(23-14-20(2,3)15-24-21)18(16)8-9-19-25-12-13-26-19/h6-7,16,18-19H,4-5,8-15H2,1-3H3. The molecule has 1 spiro atoms.